The van der Waals surface area contributed by atoms with E-state index >= 15 is 0 Å². The normalized spacial score (nSPS) is 13.7. The van der Waals surface area contributed by atoms with E-state index in [0.29, 0.717) is 25.4 Å². The highest BCUT2D eigenvalue weighted by Gasteiger charge is 2.39. The zero-order valence-corrected chi connectivity index (χ0v) is 19.0. The number of esters is 1. The van der Waals surface area contributed by atoms with Crippen LogP contribution in [-0.2, 0) is 25.6 Å². The summed E-state index contributed by atoms with van der Waals surface area (Å²) in [5, 5.41) is 11.5. The third-order valence-corrected chi connectivity index (χ3v) is 5.21. The Labute approximate surface area is 190 Å². The molecule has 0 fully saturated rings. The van der Waals surface area contributed by atoms with Gasteiger partial charge in [-0.1, -0.05) is 62.0 Å². The standard InChI is InChI=1S/C26H34O6/c1-4-15-32-23-14-10-13-22(16-23)24(26(28,5-2)17-25(27)31-6-3)19-30-20-29-18-21-11-8-7-9-12-21/h4,7-14,16,24,28H,1,5-6,15,17-20H2,2-3H3/t24-,26-/m1/s1. The Hall–Kier alpha value is -2.67. The minimum absolute atomic E-state index is 0.0667. The molecule has 0 aliphatic heterocycles. The van der Waals surface area contributed by atoms with E-state index in [0.717, 1.165) is 11.1 Å². The van der Waals surface area contributed by atoms with Gasteiger partial charge in [-0.05, 0) is 36.6 Å². The predicted molar refractivity (Wildman–Crippen MR) is 123 cm³/mol. The molecule has 1 N–H and O–H groups in total. The monoisotopic (exact) mass is 442 g/mol. The first-order valence-electron chi connectivity index (χ1n) is 10.9. The van der Waals surface area contributed by atoms with E-state index in [1.807, 2.05) is 61.5 Å². The van der Waals surface area contributed by atoms with Crippen molar-refractivity contribution in [2.45, 2.75) is 44.8 Å². The van der Waals surface area contributed by atoms with Crippen LogP contribution in [0.25, 0.3) is 0 Å². The highest BCUT2D eigenvalue weighted by molar-refractivity contribution is 5.71. The zero-order valence-electron chi connectivity index (χ0n) is 19.0. The van der Waals surface area contributed by atoms with Gasteiger partial charge in [0, 0.05) is 5.92 Å². The van der Waals surface area contributed by atoms with Crippen LogP contribution < -0.4 is 4.74 Å². The molecule has 6 heteroatoms. The lowest BCUT2D eigenvalue weighted by Crippen LogP contribution is -2.41. The number of ether oxygens (including phenoxy) is 4. The molecule has 2 rings (SSSR count). The summed E-state index contributed by atoms with van der Waals surface area (Å²) in [6.45, 7) is 8.55. The van der Waals surface area contributed by atoms with Gasteiger partial charge in [0.05, 0.1) is 31.8 Å². The summed E-state index contributed by atoms with van der Waals surface area (Å²) in [7, 11) is 0. The maximum absolute atomic E-state index is 12.2. The number of carbonyl (C=O) groups excluding carboxylic acids is 1. The summed E-state index contributed by atoms with van der Waals surface area (Å²) >= 11 is 0. The fourth-order valence-electron chi connectivity index (χ4n) is 3.45. The lowest BCUT2D eigenvalue weighted by molar-refractivity contribution is -0.151. The lowest BCUT2D eigenvalue weighted by Gasteiger charge is -2.35. The van der Waals surface area contributed by atoms with Crippen LogP contribution in [-0.4, -0.2) is 43.3 Å². The summed E-state index contributed by atoms with van der Waals surface area (Å²) in [6.07, 6.45) is 1.89. The molecule has 0 aromatic heterocycles. The summed E-state index contributed by atoms with van der Waals surface area (Å²) < 4.78 is 22.1. The number of carbonyl (C=O) groups is 1. The second kappa shape index (κ2) is 13.7. The predicted octanol–water partition coefficient (Wildman–Crippen LogP) is 4.62. The smallest absolute Gasteiger partial charge is 0.308 e. The fraction of sp³-hybridized carbons (Fsp3) is 0.423. The van der Waals surface area contributed by atoms with Gasteiger partial charge in [-0.2, -0.15) is 0 Å². The van der Waals surface area contributed by atoms with Gasteiger partial charge in [-0.3, -0.25) is 4.79 Å². The molecule has 2 aromatic carbocycles. The molecular weight excluding hydrogens is 408 g/mol. The van der Waals surface area contributed by atoms with Crippen molar-refractivity contribution in [1.82, 2.24) is 0 Å². The Kier molecular flexibility index (Phi) is 10.9. The molecule has 6 nitrogen and oxygen atoms in total. The van der Waals surface area contributed by atoms with Gasteiger partial charge >= 0.3 is 5.97 Å². The van der Waals surface area contributed by atoms with Crippen molar-refractivity contribution in [3.63, 3.8) is 0 Å². The second-order valence-electron chi connectivity index (χ2n) is 7.49. The molecule has 0 saturated carbocycles. The van der Waals surface area contributed by atoms with Crippen molar-refractivity contribution < 1.29 is 28.8 Å². The van der Waals surface area contributed by atoms with Gasteiger partial charge in [0.1, 0.15) is 19.1 Å². The molecule has 32 heavy (non-hydrogen) atoms. The number of hydrogen-bond acceptors (Lipinski definition) is 6. The van der Waals surface area contributed by atoms with Gasteiger partial charge in [0.2, 0.25) is 0 Å². The summed E-state index contributed by atoms with van der Waals surface area (Å²) in [6, 6.07) is 17.3. The number of hydrogen-bond donors (Lipinski definition) is 1. The molecule has 2 atom stereocenters. The minimum Gasteiger partial charge on any atom is -0.490 e. The van der Waals surface area contributed by atoms with Gasteiger partial charge in [0.15, 0.2) is 0 Å². The molecule has 0 aliphatic rings. The maximum Gasteiger partial charge on any atom is 0.308 e. The Bertz CT molecular complexity index is 822. The van der Waals surface area contributed by atoms with E-state index in [4.69, 9.17) is 18.9 Å². The Morgan fingerprint density at radius 1 is 1.12 bits per heavy atom. The lowest BCUT2D eigenvalue weighted by atomic mass is 9.78. The van der Waals surface area contributed by atoms with Crippen molar-refractivity contribution in [1.29, 1.82) is 0 Å². The molecule has 2 aromatic rings. The molecule has 0 radical (unpaired) electrons. The van der Waals surface area contributed by atoms with Crippen LogP contribution in [0.2, 0.25) is 0 Å². The van der Waals surface area contributed by atoms with Crippen LogP contribution in [0.1, 0.15) is 43.7 Å². The summed E-state index contributed by atoms with van der Waals surface area (Å²) in [4.78, 5) is 12.2. The van der Waals surface area contributed by atoms with Crippen LogP contribution in [0.3, 0.4) is 0 Å². The average Bonchev–Trinajstić information content (AvgIpc) is 2.80. The van der Waals surface area contributed by atoms with Crippen LogP contribution in [0.5, 0.6) is 5.75 Å². The van der Waals surface area contributed by atoms with E-state index in [-0.39, 0.29) is 26.4 Å². The Morgan fingerprint density at radius 2 is 1.91 bits per heavy atom. The number of aliphatic hydroxyl groups is 1. The van der Waals surface area contributed by atoms with Crippen molar-refractivity contribution >= 4 is 5.97 Å². The topological polar surface area (TPSA) is 74.2 Å². The molecule has 0 aliphatic carbocycles. The fourth-order valence-corrected chi connectivity index (χ4v) is 3.45. The molecule has 0 saturated heterocycles. The van der Waals surface area contributed by atoms with Crippen LogP contribution >= 0.6 is 0 Å². The minimum atomic E-state index is -1.34. The first-order valence-corrected chi connectivity index (χ1v) is 10.9. The molecular formula is C26H34O6. The van der Waals surface area contributed by atoms with Crippen LogP contribution in [0.4, 0.5) is 0 Å². The van der Waals surface area contributed by atoms with Crippen molar-refractivity contribution in [2.24, 2.45) is 0 Å². The van der Waals surface area contributed by atoms with Gasteiger partial charge < -0.3 is 24.1 Å². The van der Waals surface area contributed by atoms with E-state index in [1.165, 1.54) is 0 Å². The molecule has 0 bridgehead atoms. The SMILES string of the molecule is C=CCOc1cccc([C@@H](COCOCc2ccccc2)[C@@](O)(CC)CC(=O)OCC)c1. The first-order chi connectivity index (χ1) is 15.5. The van der Waals surface area contributed by atoms with Crippen LogP contribution in [0.15, 0.2) is 67.3 Å². The first kappa shape index (κ1) is 25.6. The van der Waals surface area contributed by atoms with E-state index in [1.54, 1.807) is 13.0 Å². The molecule has 0 unspecified atom stereocenters. The molecule has 0 heterocycles. The van der Waals surface area contributed by atoms with Crippen molar-refractivity contribution in [2.75, 3.05) is 26.6 Å². The van der Waals surface area contributed by atoms with Gasteiger partial charge in [-0.25, -0.2) is 0 Å². The van der Waals surface area contributed by atoms with Crippen molar-refractivity contribution in [3.05, 3.63) is 78.4 Å². The highest BCUT2D eigenvalue weighted by Crippen LogP contribution is 2.36. The number of rotatable bonds is 15. The van der Waals surface area contributed by atoms with Crippen LogP contribution in [0, 0.1) is 0 Å². The zero-order chi connectivity index (χ0) is 23.2. The Morgan fingerprint density at radius 3 is 2.59 bits per heavy atom. The third-order valence-electron chi connectivity index (χ3n) is 5.21. The molecule has 174 valence electrons. The average molecular weight is 443 g/mol. The second-order valence-corrected chi connectivity index (χ2v) is 7.49. The van der Waals surface area contributed by atoms with E-state index < -0.39 is 17.5 Å². The largest absolute Gasteiger partial charge is 0.490 e. The van der Waals surface area contributed by atoms with Gasteiger partial charge in [0.25, 0.3) is 0 Å². The van der Waals surface area contributed by atoms with E-state index in [9.17, 15) is 9.90 Å². The maximum atomic E-state index is 12.2. The summed E-state index contributed by atoms with van der Waals surface area (Å²) in [5.74, 6) is -0.270. The molecule has 0 amide bonds. The van der Waals surface area contributed by atoms with Gasteiger partial charge in [-0.15, -0.1) is 0 Å². The van der Waals surface area contributed by atoms with E-state index in [2.05, 4.69) is 6.58 Å². The highest BCUT2D eigenvalue weighted by atomic mass is 16.7. The number of benzene rings is 2. The molecule has 0 spiro atoms. The third kappa shape index (κ3) is 8.11. The van der Waals surface area contributed by atoms with Crippen molar-refractivity contribution in [3.8, 4) is 5.75 Å². The quantitative estimate of drug-likeness (QED) is 0.188. The summed E-state index contributed by atoms with van der Waals surface area (Å²) in [5.41, 5.74) is 0.512. The Balaban J connectivity index is 2.12.